The maximum absolute atomic E-state index is 13.1. The van der Waals surface area contributed by atoms with Crippen molar-refractivity contribution in [2.75, 3.05) is 13.2 Å². The topological polar surface area (TPSA) is 21.3 Å². The summed E-state index contributed by atoms with van der Waals surface area (Å²) in [6, 6.07) is 13.0. The minimum atomic E-state index is -0.234. The van der Waals surface area contributed by atoms with Crippen LogP contribution in [0.1, 0.15) is 29.7 Å². The van der Waals surface area contributed by atoms with Crippen LogP contribution in [0.3, 0.4) is 0 Å². The first-order chi connectivity index (χ1) is 10.1. The van der Waals surface area contributed by atoms with Gasteiger partial charge in [0.25, 0.3) is 0 Å². The van der Waals surface area contributed by atoms with Gasteiger partial charge in [-0.05, 0) is 55.3 Å². The molecular weight excluding hydrogens is 265 g/mol. The zero-order valence-corrected chi connectivity index (χ0v) is 12.8. The molecule has 0 aliphatic heterocycles. The molecule has 21 heavy (non-hydrogen) atoms. The quantitative estimate of drug-likeness (QED) is 0.861. The fraction of sp³-hybridized carbons (Fsp3) is 0.333. The molecule has 0 fully saturated rings. The van der Waals surface area contributed by atoms with Gasteiger partial charge in [0.1, 0.15) is 18.2 Å². The summed E-state index contributed by atoms with van der Waals surface area (Å²) in [5, 5.41) is 3.44. The molecule has 0 amide bonds. The number of benzene rings is 2. The molecule has 0 aromatic heterocycles. The number of ether oxygens (including phenoxy) is 1. The molecule has 0 spiro atoms. The first-order valence-electron chi connectivity index (χ1n) is 7.29. The third kappa shape index (κ3) is 4.05. The molecule has 0 heterocycles. The van der Waals surface area contributed by atoms with E-state index in [0.29, 0.717) is 6.61 Å². The lowest BCUT2D eigenvalue weighted by Gasteiger charge is -2.21. The highest BCUT2D eigenvalue weighted by Gasteiger charge is 2.14. The maximum atomic E-state index is 13.1. The van der Waals surface area contributed by atoms with Crippen molar-refractivity contribution in [1.82, 2.24) is 5.32 Å². The molecule has 0 radical (unpaired) electrons. The van der Waals surface area contributed by atoms with Gasteiger partial charge in [0.05, 0.1) is 6.04 Å². The average molecular weight is 287 g/mol. The van der Waals surface area contributed by atoms with Gasteiger partial charge in [-0.1, -0.05) is 31.2 Å². The fourth-order valence-electron chi connectivity index (χ4n) is 2.43. The van der Waals surface area contributed by atoms with Gasteiger partial charge in [0, 0.05) is 0 Å². The Labute approximate surface area is 126 Å². The molecule has 2 aromatic carbocycles. The largest absolute Gasteiger partial charge is 0.491 e. The molecular formula is C18H22FNO. The van der Waals surface area contributed by atoms with Gasteiger partial charge in [-0.15, -0.1) is 0 Å². The Bertz CT molecular complexity index is 598. The third-order valence-electron chi connectivity index (χ3n) is 3.56. The van der Waals surface area contributed by atoms with Gasteiger partial charge >= 0.3 is 0 Å². The van der Waals surface area contributed by atoms with E-state index in [0.717, 1.165) is 17.9 Å². The minimum absolute atomic E-state index is 0.126. The zero-order valence-electron chi connectivity index (χ0n) is 12.8. The predicted octanol–water partition coefficient (Wildman–Crippen LogP) is 4.17. The number of hydrogen-bond acceptors (Lipinski definition) is 2. The van der Waals surface area contributed by atoms with Crippen LogP contribution in [0.25, 0.3) is 0 Å². The lowest BCUT2D eigenvalue weighted by atomic mass is 10.0. The van der Waals surface area contributed by atoms with E-state index in [1.54, 1.807) is 6.07 Å². The Morgan fingerprint density at radius 2 is 1.86 bits per heavy atom. The Kier molecular flexibility index (Phi) is 5.34. The molecule has 1 unspecified atom stereocenters. The normalized spacial score (nSPS) is 12.2. The van der Waals surface area contributed by atoms with Crippen molar-refractivity contribution in [2.24, 2.45) is 0 Å². The summed E-state index contributed by atoms with van der Waals surface area (Å²) in [6.45, 7) is 7.42. The van der Waals surface area contributed by atoms with E-state index in [-0.39, 0.29) is 11.9 Å². The van der Waals surface area contributed by atoms with E-state index >= 15 is 0 Å². The highest BCUT2D eigenvalue weighted by Crippen LogP contribution is 2.22. The zero-order chi connectivity index (χ0) is 15.2. The Morgan fingerprint density at radius 3 is 2.52 bits per heavy atom. The second-order valence-electron chi connectivity index (χ2n) is 5.19. The predicted molar refractivity (Wildman–Crippen MR) is 84.2 cm³/mol. The van der Waals surface area contributed by atoms with Crippen molar-refractivity contribution in [3.63, 3.8) is 0 Å². The lowest BCUT2D eigenvalue weighted by Crippen LogP contribution is -2.27. The minimum Gasteiger partial charge on any atom is -0.491 e. The summed E-state index contributed by atoms with van der Waals surface area (Å²) in [6.07, 6.45) is 0. The first-order valence-corrected chi connectivity index (χ1v) is 7.29. The van der Waals surface area contributed by atoms with Crippen LogP contribution in [-0.4, -0.2) is 13.2 Å². The van der Waals surface area contributed by atoms with Crippen LogP contribution < -0.4 is 10.1 Å². The van der Waals surface area contributed by atoms with E-state index in [1.807, 2.05) is 19.1 Å². The third-order valence-corrected chi connectivity index (χ3v) is 3.56. The van der Waals surface area contributed by atoms with E-state index in [1.165, 1.54) is 23.3 Å². The SMILES string of the molecule is CCNC(COc1ccc(F)cc1C)c1ccccc1C. The molecule has 1 N–H and O–H groups in total. The number of rotatable bonds is 6. The van der Waals surface area contributed by atoms with Crippen LogP contribution in [0.5, 0.6) is 5.75 Å². The lowest BCUT2D eigenvalue weighted by molar-refractivity contribution is 0.266. The molecule has 2 aromatic rings. The molecule has 0 saturated carbocycles. The molecule has 1 atom stereocenters. The molecule has 112 valence electrons. The van der Waals surface area contributed by atoms with Crippen LogP contribution in [0.15, 0.2) is 42.5 Å². The van der Waals surface area contributed by atoms with Crippen molar-refractivity contribution in [3.05, 3.63) is 65.0 Å². The Hall–Kier alpha value is -1.87. The fourth-order valence-corrected chi connectivity index (χ4v) is 2.43. The molecule has 0 bridgehead atoms. The molecule has 0 saturated heterocycles. The van der Waals surface area contributed by atoms with Crippen molar-refractivity contribution >= 4 is 0 Å². The summed E-state index contributed by atoms with van der Waals surface area (Å²) in [7, 11) is 0. The summed E-state index contributed by atoms with van der Waals surface area (Å²) in [4.78, 5) is 0. The molecule has 2 nitrogen and oxygen atoms in total. The van der Waals surface area contributed by atoms with Gasteiger partial charge < -0.3 is 10.1 Å². The van der Waals surface area contributed by atoms with Crippen molar-refractivity contribution in [3.8, 4) is 5.75 Å². The molecule has 0 aliphatic rings. The number of hydrogen-bond donors (Lipinski definition) is 1. The van der Waals surface area contributed by atoms with Crippen molar-refractivity contribution in [1.29, 1.82) is 0 Å². The smallest absolute Gasteiger partial charge is 0.123 e. The van der Waals surface area contributed by atoms with Crippen LogP contribution in [0.4, 0.5) is 4.39 Å². The monoisotopic (exact) mass is 287 g/mol. The summed E-state index contributed by atoms with van der Waals surface area (Å²) >= 11 is 0. The second kappa shape index (κ2) is 7.23. The number of halogens is 1. The van der Waals surface area contributed by atoms with Gasteiger partial charge in [-0.3, -0.25) is 0 Å². The highest BCUT2D eigenvalue weighted by atomic mass is 19.1. The summed E-state index contributed by atoms with van der Waals surface area (Å²) in [5.41, 5.74) is 3.29. The van der Waals surface area contributed by atoms with Gasteiger partial charge in [-0.25, -0.2) is 4.39 Å². The summed E-state index contributed by atoms with van der Waals surface area (Å²) in [5.74, 6) is 0.495. The van der Waals surface area contributed by atoms with E-state index in [9.17, 15) is 4.39 Å². The van der Waals surface area contributed by atoms with Gasteiger partial charge in [0.2, 0.25) is 0 Å². The number of nitrogens with one attached hydrogen (secondary N) is 1. The van der Waals surface area contributed by atoms with Crippen LogP contribution in [-0.2, 0) is 0 Å². The average Bonchev–Trinajstić information content (AvgIpc) is 2.46. The first kappa shape index (κ1) is 15.5. The Morgan fingerprint density at radius 1 is 1.10 bits per heavy atom. The standard InChI is InChI=1S/C18H22FNO/c1-4-20-17(16-8-6-5-7-13(16)2)12-21-18-10-9-15(19)11-14(18)3/h5-11,17,20H,4,12H2,1-3H3. The van der Waals surface area contributed by atoms with Crippen LogP contribution in [0, 0.1) is 19.7 Å². The van der Waals surface area contributed by atoms with Crippen molar-refractivity contribution in [2.45, 2.75) is 26.8 Å². The van der Waals surface area contributed by atoms with E-state index < -0.39 is 0 Å². The van der Waals surface area contributed by atoms with E-state index in [2.05, 4.69) is 31.3 Å². The highest BCUT2D eigenvalue weighted by molar-refractivity contribution is 5.33. The van der Waals surface area contributed by atoms with Crippen LogP contribution >= 0.6 is 0 Å². The molecule has 2 rings (SSSR count). The summed E-state index contributed by atoms with van der Waals surface area (Å²) < 4.78 is 19.0. The Balaban J connectivity index is 2.12. The molecule has 3 heteroatoms. The van der Waals surface area contributed by atoms with Gasteiger partial charge in [0.15, 0.2) is 0 Å². The number of likely N-dealkylation sites (N-methyl/N-ethyl adjacent to an activating group) is 1. The van der Waals surface area contributed by atoms with Crippen molar-refractivity contribution < 1.29 is 9.13 Å². The maximum Gasteiger partial charge on any atom is 0.123 e. The second-order valence-corrected chi connectivity index (χ2v) is 5.19. The van der Waals surface area contributed by atoms with Gasteiger partial charge in [-0.2, -0.15) is 0 Å². The van der Waals surface area contributed by atoms with E-state index in [4.69, 9.17) is 4.74 Å². The number of aryl methyl sites for hydroxylation is 2. The molecule has 0 aliphatic carbocycles. The van der Waals surface area contributed by atoms with Crippen LogP contribution in [0.2, 0.25) is 0 Å².